The van der Waals surface area contributed by atoms with E-state index in [0.717, 1.165) is 0 Å². The van der Waals surface area contributed by atoms with Crippen LogP contribution in [0.1, 0.15) is 36.6 Å². The number of benzene rings is 4. The zero-order valence-corrected chi connectivity index (χ0v) is 17.3. The molecule has 0 N–H and O–H groups in total. The van der Waals surface area contributed by atoms with Crippen LogP contribution in [0.4, 0.5) is 0 Å². The Morgan fingerprint density at radius 2 is 0.625 bits per heavy atom. The first-order valence-corrected chi connectivity index (χ1v) is 10.3. The van der Waals surface area contributed by atoms with Crippen molar-refractivity contribution in [3.8, 4) is 0 Å². The van der Waals surface area contributed by atoms with E-state index in [9.17, 15) is 14.4 Å². The minimum atomic E-state index is -0.484. The molecule has 4 aromatic rings. The molecule has 0 aliphatic heterocycles. The number of ketones is 3. The zero-order valence-electron chi connectivity index (χ0n) is 17.3. The molecule has 3 nitrogen and oxygen atoms in total. The Morgan fingerprint density at radius 3 is 0.969 bits per heavy atom. The predicted molar refractivity (Wildman–Crippen MR) is 126 cm³/mol. The molecule has 4 aromatic carbocycles. The minimum Gasteiger partial charge on any atom is -0.289 e. The van der Waals surface area contributed by atoms with Crippen LogP contribution in [0.15, 0.2) is 127 Å². The van der Waals surface area contributed by atoms with Crippen molar-refractivity contribution in [2.75, 3.05) is 0 Å². The Morgan fingerprint density at radius 1 is 0.344 bits per heavy atom. The van der Waals surface area contributed by atoms with Gasteiger partial charge in [-0.1, -0.05) is 121 Å². The fourth-order valence-corrected chi connectivity index (χ4v) is 3.53. The van der Waals surface area contributed by atoms with Crippen molar-refractivity contribution in [1.29, 1.82) is 0 Å². The van der Waals surface area contributed by atoms with Gasteiger partial charge in [-0.15, -0.1) is 0 Å². The second-order valence-corrected chi connectivity index (χ2v) is 7.20. The summed E-state index contributed by atoms with van der Waals surface area (Å²) in [6.07, 6.45) is 0. The van der Waals surface area contributed by atoms with Crippen LogP contribution in [0.5, 0.6) is 0 Å². The largest absolute Gasteiger partial charge is 0.289 e. The molecular formula is C29H20O3. The first-order chi connectivity index (χ1) is 15.7. The highest BCUT2D eigenvalue weighted by molar-refractivity contribution is 6.44. The smallest absolute Gasteiger partial charge is 0.197 e. The van der Waals surface area contributed by atoms with Crippen LogP contribution in [0.2, 0.25) is 0 Å². The molecule has 0 heterocycles. The van der Waals surface area contributed by atoms with Crippen LogP contribution >= 0.6 is 0 Å². The lowest BCUT2D eigenvalue weighted by Gasteiger charge is -2.15. The number of Topliss-reactive ketones (excluding diaryl/α,β-unsaturated/α-hetero) is 3. The normalized spacial score (nSPS) is 10.2. The van der Waals surface area contributed by atoms with Crippen molar-refractivity contribution >= 4 is 22.9 Å². The highest BCUT2D eigenvalue weighted by Gasteiger charge is 2.30. The molecule has 0 amide bonds. The Hall–Kier alpha value is -4.37. The van der Waals surface area contributed by atoms with Gasteiger partial charge in [-0.25, -0.2) is 0 Å². The molecule has 0 bridgehead atoms. The molecule has 0 fully saturated rings. The molecular weight excluding hydrogens is 396 g/mol. The monoisotopic (exact) mass is 416 g/mol. The summed E-state index contributed by atoms with van der Waals surface area (Å²) in [5.74, 6) is -1.34. The number of carbonyl (C=O) groups is 3. The summed E-state index contributed by atoms with van der Waals surface area (Å²) in [5, 5.41) is 0. The molecule has 154 valence electrons. The van der Waals surface area contributed by atoms with Crippen molar-refractivity contribution in [3.63, 3.8) is 0 Å². The topological polar surface area (TPSA) is 51.2 Å². The summed E-state index contributed by atoms with van der Waals surface area (Å²) in [4.78, 5) is 41.1. The van der Waals surface area contributed by atoms with Gasteiger partial charge in [0.25, 0.3) is 0 Å². The molecule has 0 aromatic heterocycles. The van der Waals surface area contributed by atoms with Gasteiger partial charge in [-0.2, -0.15) is 0 Å². The molecule has 0 atom stereocenters. The maximum Gasteiger partial charge on any atom is 0.197 e. The van der Waals surface area contributed by atoms with E-state index < -0.39 is 11.6 Å². The molecule has 0 radical (unpaired) electrons. The van der Waals surface area contributed by atoms with Crippen LogP contribution < -0.4 is 0 Å². The summed E-state index contributed by atoms with van der Waals surface area (Å²) in [6.45, 7) is 0. The van der Waals surface area contributed by atoms with Gasteiger partial charge in [0.05, 0.1) is 5.57 Å². The van der Waals surface area contributed by atoms with Crippen LogP contribution in [0, 0.1) is 0 Å². The predicted octanol–water partition coefficient (Wildman–Crippen LogP) is 6.09. The standard InChI is InChI=1S/C29H20O3/c30-27(22-15-7-2-8-16-22)25(21-13-5-1-6-14-21)26(28(31)23-17-9-3-10-18-23)29(32)24-19-11-4-12-20-24/h1-20H. The molecule has 0 saturated heterocycles. The average Bonchev–Trinajstić information content (AvgIpc) is 2.88. The third kappa shape index (κ3) is 4.37. The van der Waals surface area contributed by atoms with E-state index in [4.69, 9.17) is 0 Å². The SMILES string of the molecule is O=C(C(C(=O)c1ccccc1)=C(C(=O)c1ccccc1)c1ccccc1)c1ccccc1. The second kappa shape index (κ2) is 9.63. The van der Waals surface area contributed by atoms with Crippen LogP contribution in [-0.4, -0.2) is 17.3 Å². The highest BCUT2D eigenvalue weighted by Crippen LogP contribution is 2.28. The number of allylic oxidation sites excluding steroid dienone is 2. The lowest BCUT2D eigenvalue weighted by molar-refractivity contribution is 0.0953. The van der Waals surface area contributed by atoms with Crippen LogP contribution in [0.25, 0.3) is 5.57 Å². The number of rotatable bonds is 7. The maximum absolute atomic E-state index is 13.7. The van der Waals surface area contributed by atoms with Crippen molar-refractivity contribution in [2.24, 2.45) is 0 Å². The summed E-state index contributed by atoms with van der Waals surface area (Å²) < 4.78 is 0. The fourth-order valence-electron chi connectivity index (χ4n) is 3.53. The highest BCUT2D eigenvalue weighted by atomic mass is 16.2. The van der Waals surface area contributed by atoms with E-state index in [2.05, 4.69) is 0 Å². The zero-order chi connectivity index (χ0) is 22.3. The van der Waals surface area contributed by atoms with Gasteiger partial charge in [-0.05, 0) is 5.56 Å². The molecule has 0 unspecified atom stereocenters. The van der Waals surface area contributed by atoms with E-state index >= 15 is 0 Å². The summed E-state index contributed by atoms with van der Waals surface area (Å²) >= 11 is 0. The molecule has 4 rings (SSSR count). The van der Waals surface area contributed by atoms with E-state index in [0.29, 0.717) is 22.3 Å². The van der Waals surface area contributed by atoms with Crippen molar-refractivity contribution in [1.82, 2.24) is 0 Å². The lowest BCUT2D eigenvalue weighted by Crippen LogP contribution is -2.19. The summed E-state index contributed by atoms with van der Waals surface area (Å²) in [5.41, 5.74) is 1.58. The van der Waals surface area contributed by atoms with E-state index in [1.54, 1.807) is 109 Å². The van der Waals surface area contributed by atoms with E-state index in [1.807, 2.05) is 12.1 Å². The fraction of sp³-hybridized carbons (Fsp3) is 0. The third-order valence-electron chi connectivity index (χ3n) is 5.10. The van der Waals surface area contributed by atoms with Gasteiger partial charge in [0.15, 0.2) is 17.3 Å². The van der Waals surface area contributed by atoms with Gasteiger partial charge in [0.2, 0.25) is 0 Å². The molecule has 0 aliphatic carbocycles. The lowest BCUT2D eigenvalue weighted by atomic mass is 9.85. The average molecular weight is 416 g/mol. The van der Waals surface area contributed by atoms with Crippen LogP contribution in [-0.2, 0) is 0 Å². The van der Waals surface area contributed by atoms with Gasteiger partial charge in [0, 0.05) is 22.3 Å². The summed E-state index contributed by atoms with van der Waals surface area (Å²) in [7, 11) is 0. The Balaban J connectivity index is 2.02. The van der Waals surface area contributed by atoms with Gasteiger partial charge < -0.3 is 0 Å². The van der Waals surface area contributed by atoms with Gasteiger partial charge >= 0.3 is 0 Å². The van der Waals surface area contributed by atoms with E-state index in [-0.39, 0.29) is 16.9 Å². The first kappa shape index (κ1) is 20.9. The Bertz CT molecular complexity index is 1220. The number of carbonyl (C=O) groups excluding carboxylic acids is 3. The molecule has 32 heavy (non-hydrogen) atoms. The van der Waals surface area contributed by atoms with Crippen molar-refractivity contribution in [2.45, 2.75) is 0 Å². The second-order valence-electron chi connectivity index (χ2n) is 7.20. The Kier molecular flexibility index (Phi) is 6.28. The Labute approximate surface area is 186 Å². The molecule has 0 spiro atoms. The van der Waals surface area contributed by atoms with Gasteiger partial charge in [-0.3, -0.25) is 14.4 Å². The third-order valence-corrected chi connectivity index (χ3v) is 5.10. The maximum atomic E-state index is 13.7. The number of hydrogen-bond donors (Lipinski definition) is 0. The first-order valence-electron chi connectivity index (χ1n) is 10.3. The van der Waals surface area contributed by atoms with E-state index in [1.165, 1.54) is 0 Å². The van der Waals surface area contributed by atoms with Crippen molar-refractivity contribution in [3.05, 3.63) is 149 Å². The van der Waals surface area contributed by atoms with Gasteiger partial charge in [0.1, 0.15) is 0 Å². The van der Waals surface area contributed by atoms with Crippen LogP contribution in [0.3, 0.4) is 0 Å². The number of hydrogen-bond acceptors (Lipinski definition) is 3. The van der Waals surface area contributed by atoms with Crippen molar-refractivity contribution < 1.29 is 14.4 Å². The molecule has 0 saturated carbocycles. The molecule has 0 aliphatic rings. The quantitative estimate of drug-likeness (QED) is 0.159. The summed E-state index contributed by atoms with van der Waals surface area (Å²) in [6, 6.07) is 34.7. The molecule has 3 heteroatoms. The minimum absolute atomic E-state index is 0.0968.